The molecule has 0 bridgehead atoms. The summed E-state index contributed by atoms with van der Waals surface area (Å²) in [6.45, 7) is 1.08. The first-order chi connectivity index (χ1) is 11.3. The summed E-state index contributed by atoms with van der Waals surface area (Å²) < 4.78 is 39.9. The first-order valence-corrected chi connectivity index (χ1v) is 9.60. The zero-order valence-electron chi connectivity index (χ0n) is 13.6. The Kier molecular flexibility index (Phi) is 4.35. The van der Waals surface area contributed by atoms with Gasteiger partial charge in [0.2, 0.25) is 15.0 Å². The van der Waals surface area contributed by atoms with Crippen LogP contribution in [-0.4, -0.2) is 56.7 Å². The Hall–Kier alpha value is -1.58. The van der Waals surface area contributed by atoms with Gasteiger partial charge < -0.3 is 14.2 Å². The van der Waals surface area contributed by atoms with Crippen molar-refractivity contribution in [3.05, 3.63) is 18.0 Å². The van der Waals surface area contributed by atoms with Crippen LogP contribution < -0.4 is 0 Å². The van der Waals surface area contributed by atoms with E-state index >= 15 is 0 Å². The fraction of sp³-hybridized carbons (Fsp3) is 0.667. The summed E-state index contributed by atoms with van der Waals surface area (Å²) >= 11 is 0. The van der Waals surface area contributed by atoms with Crippen LogP contribution in [0.25, 0.3) is 0 Å². The first-order valence-electron chi connectivity index (χ1n) is 7.71. The molecular weight excluding hydrogens is 336 g/mol. The van der Waals surface area contributed by atoms with Crippen LogP contribution in [-0.2, 0) is 34.3 Å². The highest BCUT2D eigenvalue weighted by atomic mass is 32.2. The molecule has 1 aromatic rings. The predicted molar refractivity (Wildman–Crippen MR) is 81.9 cm³/mol. The van der Waals surface area contributed by atoms with Crippen LogP contribution in [0.4, 0.5) is 0 Å². The summed E-state index contributed by atoms with van der Waals surface area (Å²) in [7, 11) is -2.25. The highest BCUT2D eigenvalue weighted by Crippen LogP contribution is 2.46. The molecule has 2 fully saturated rings. The van der Waals surface area contributed by atoms with Crippen LogP contribution >= 0.6 is 0 Å². The maximum atomic E-state index is 12.5. The van der Waals surface area contributed by atoms with Crippen LogP contribution in [0.15, 0.2) is 17.4 Å². The van der Waals surface area contributed by atoms with Crippen molar-refractivity contribution in [2.24, 2.45) is 0 Å². The number of hydrogen-bond acceptors (Lipinski definition) is 8. The molecule has 1 spiro atoms. The van der Waals surface area contributed by atoms with E-state index in [1.165, 1.54) is 13.3 Å². The van der Waals surface area contributed by atoms with E-state index < -0.39 is 27.0 Å². The van der Waals surface area contributed by atoms with Gasteiger partial charge in [-0.1, -0.05) is 0 Å². The lowest BCUT2D eigenvalue weighted by atomic mass is 9.69. The largest absolute Gasteiger partial charge is 0.468 e. The third kappa shape index (κ3) is 2.91. The number of sulfone groups is 1. The molecule has 8 nitrogen and oxygen atoms in total. The smallest absolute Gasteiger partial charge is 0.317 e. The molecule has 1 saturated heterocycles. The van der Waals surface area contributed by atoms with Gasteiger partial charge in [-0.3, -0.25) is 4.79 Å². The molecule has 3 rings (SSSR count). The summed E-state index contributed by atoms with van der Waals surface area (Å²) in [5.41, 5.74) is -0.657. The van der Waals surface area contributed by atoms with Crippen molar-refractivity contribution < 1.29 is 27.4 Å². The van der Waals surface area contributed by atoms with Crippen molar-refractivity contribution in [2.45, 2.75) is 42.0 Å². The van der Waals surface area contributed by atoms with Crippen LogP contribution in [0.3, 0.4) is 0 Å². The molecule has 1 aliphatic carbocycles. The fourth-order valence-corrected chi connectivity index (χ4v) is 3.91. The molecule has 1 aliphatic heterocycles. The first kappa shape index (κ1) is 17.2. The van der Waals surface area contributed by atoms with Crippen LogP contribution in [0, 0.1) is 0 Å². The second kappa shape index (κ2) is 6.05. The second-order valence-corrected chi connectivity index (χ2v) is 8.09. The van der Waals surface area contributed by atoms with Gasteiger partial charge in [0.05, 0.1) is 26.0 Å². The quantitative estimate of drug-likeness (QED) is 0.573. The van der Waals surface area contributed by atoms with E-state index in [9.17, 15) is 13.2 Å². The average molecular weight is 356 g/mol. The summed E-state index contributed by atoms with van der Waals surface area (Å²) in [6, 6.07) is 1.57. The second-order valence-electron chi connectivity index (χ2n) is 6.18. The van der Waals surface area contributed by atoms with E-state index in [1.807, 2.05) is 0 Å². The molecule has 0 aromatic carbocycles. The number of ether oxygens (including phenoxy) is 3. The topological polar surface area (TPSA) is 105 Å². The molecule has 1 saturated carbocycles. The molecule has 132 valence electrons. The van der Waals surface area contributed by atoms with Crippen molar-refractivity contribution >= 4 is 15.8 Å². The molecule has 0 atom stereocenters. The highest BCUT2D eigenvalue weighted by molar-refractivity contribution is 7.90. The number of carbonyl (C=O) groups is 1. The average Bonchev–Trinajstić information content (AvgIpc) is 3.03. The third-order valence-corrected chi connectivity index (χ3v) is 5.57. The lowest BCUT2D eigenvalue weighted by molar-refractivity contribution is -0.190. The minimum absolute atomic E-state index is 0.295. The van der Waals surface area contributed by atoms with E-state index in [-0.39, 0.29) is 5.16 Å². The van der Waals surface area contributed by atoms with Gasteiger partial charge in [-0.15, -0.1) is 0 Å². The van der Waals surface area contributed by atoms with Crippen LogP contribution in [0.2, 0.25) is 0 Å². The maximum absolute atomic E-state index is 12.5. The molecule has 0 N–H and O–H groups in total. The Morgan fingerprint density at radius 2 is 1.83 bits per heavy atom. The van der Waals surface area contributed by atoms with Crippen molar-refractivity contribution in [1.29, 1.82) is 0 Å². The SMILES string of the molecule is COC(=O)C1(c2ccnc(S(C)(=O)=O)n2)CCC2(CC1)OCCO2. The lowest BCUT2D eigenvalue weighted by Gasteiger charge is -2.41. The highest BCUT2D eigenvalue weighted by Gasteiger charge is 2.52. The summed E-state index contributed by atoms with van der Waals surface area (Å²) in [5.74, 6) is -1.09. The number of aromatic nitrogens is 2. The van der Waals surface area contributed by atoms with Gasteiger partial charge in [0.1, 0.15) is 5.41 Å². The Morgan fingerprint density at radius 1 is 1.21 bits per heavy atom. The van der Waals surface area contributed by atoms with E-state index in [2.05, 4.69) is 9.97 Å². The van der Waals surface area contributed by atoms with Crippen LogP contribution in [0.5, 0.6) is 0 Å². The molecule has 1 aromatic heterocycles. The van der Waals surface area contributed by atoms with Crippen molar-refractivity contribution in [3.63, 3.8) is 0 Å². The zero-order valence-corrected chi connectivity index (χ0v) is 14.5. The molecule has 0 unspecified atom stereocenters. The van der Waals surface area contributed by atoms with Crippen molar-refractivity contribution in [1.82, 2.24) is 9.97 Å². The van der Waals surface area contributed by atoms with Gasteiger partial charge in [-0.2, -0.15) is 0 Å². The fourth-order valence-electron chi connectivity index (χ4n) is 3.39. The van der Waals surface area contributed by atoms with Crippen molar-refractivity contribution in [2.75, 3.05) is 26.6 Å². The molecule has 2 aliphatic rings. The summed E-state index contributed by atoms with van der Waals surface area (Å²) in [6.07, 6.45) is 4.23. The molecule has 24 heavy (non-hydrogen) atoms. The molecular formula is C15H20N2O6S. The number of nitrogens with zero attached hydrogens (tertiary/aromatic N) is 2. The monoisotopic (exact) mass is 356 g/mol. The third-order valence-electron chi connectivity index (χ3n) is 4.71. The van der Waals surface area contributed by atoms with Crippen molar-refractivity contribution in [3.8, 4) is 0 Å². The predicted octanol–water partition coefficient (Wildman–Crippen LogP) is 0.608. The molecule has 2 heterocycles. The standard InChI is InChI=1S/C15H20N2O6S/c1-21-12(18)14(4-6-15(7-5-14)22-9-10-23-15)11-3-8-16-13(17-11)24(2,19)20/h3,8H,4-7,9-10H2,1-2H3. The number of methoxy groups -OCH3 is 1. The number of esters is 1. The van der Waals surface area contributed by atoms with Crippen LogP contribution in [0.1, 0.15) is 31.4 Å². The summed E-state index contributed by atoms with van der Waals surface area (Å²) in [5, 5.41) is -0.295. The van der Waals surface area contributed by atoms with Gasteiger partial charge in [0.15, 0.2) is 5.79 Å². The van der Waals surface area contributed by atoms with E-state index in [4.69, 9.17) is 14.2 Å². The maximum Gasteiger partial charge on any atom is 0.317 e. The minimum atomic E-state index is -3.57. The number of hydrogen-bond donors (Lipinski definition) is 0. The minimum Gasteiger partial charge on any atom is -0.468 e. The van der Waals surface area contributed by atoms with E-state index in [1.54, 1.807) is 6.07 Å². The van der Waals surface area contributed by atoms with Gasteiger partial charge in [-0.25, -0.2) is 18.4 Å². The zero-order chi connectivity index (χ0) is 17.4. The Labute approximate surface area is 140 Å². The molecule has 0 radical (unpaired) electrons. The Balaban J connectivity index is 1.98. The number of rotatable bonds is 3. The van der Waals surface area contributed by atoms with Gasteiger partial charge in [0, 0.05) is 25.3 Å². The summed E-state index contributed by atoms with van der Waals surface area (Å²) in [4.78, 5) is 20.5. The molecule has 0 amide bonds. The van der Waals surface area contributed by atoms with E-state index in [0.29, 0.717) is 44.6 Å². The number of carbonyl (C=O) groups excluding carboxylic acids is 1. The van der Waals surface area contributed by atoms with E-state index in [0.717, 1.165) is 6.26 Å². The van der Waals surface area contributed by atoms with Gasteiger partial charge in [-0.05, 0) is 18.9 Å². The normalized spacial score (nSPS) is 22.4. The Morgan fingerprint density at radius 3 is 2.38 bits per heavy atom. The molecule has 9 heteroatoms. The Bertz CT molecular complexity index is 732. The van der Waals surface area contributed by atoms with Gasteiger partial charge in [0.25, 0.3) is 0 Å². The van der Waals surface area contributed by atoms with Gasteiger partial charge >= 0.3 is 5.97 Å². The lowest BCUT2D eigenvalue weighted by Crippen LogP contribution is -2.47.